The predicted molar refractivity (Wildman–Crippen MR) is 85.2 cm³/mol. The predicted octanol–water partition coefficient (Wildman–Crippen LogP) is 4.46. The van der Waals surface area contributed by atoms with Crippen LogP contribution >= 0.6 is 22.9 Å². The van der Waals surface area contributed by atoms with Crippen LogP contribution in [0.3, 0.4) is 0 Å². The van der Waals surface area contributed by atoms with Gasteiger partial charge in [-0.3, -0.25) is 4.79 Å². The smallest absolute Gasteiger partial charge is 0.224 e. The molecule has 1 heterocycles. The maximum Gasteiger partial charge on any atom is 0.224 e. The van der Waals surface area contributed by atoms with E-state index >= 15 is 0 Å². The van der Waals surface area contributed by atoms with Crippen molar-refractivity contribution in [1.29, 1.82) is 0 Å². The van der Waals surface area contributed by atoms with Crippen molar-refractivity contribution in [3.8, 4) is 0 Å². The summed E-state index contributed by atoms with van der Waals surface area (Å²) in [5.41, 5.74) is 0.973. The monoisotopic (exact) mass is 307 g/mol. The van der Waals surface area contributed by atoms with Crippen LogP contribution in [-0.2, 0) is 11.2 Å². The highest BCUT2D eigenvalue weighted by atomic mass is 35.5. The van der Waals surface area contributed by atoms with Crippen LogP contribution in [0.2, 0.25) is 5.02 Å². The Morgan fingerprint density at radius 2 is 1.95 bits per heavy atom. The fourth-order valence-corrected chi connectivity index (χ4v) is 3.12. The molecular weight excluding hydrogens is 290 g/mol. The maximum atomic E-state index is 12.2. The summed E-state index contributed by atoms with van der Waals surface area (Å²) in [5.74, 6) is 0.405. The van der Waals surface area contributed by atoms with Gasteiger partial charge in [-0.2, -0.15) is 0 Å². The van der Waals surface area contributed by atoms with Gasteiger partial charge in [0.2, 0.25) is 5.91 Å². The molecule has 2 rings (SSSR count). The lowest BCUT2D eigenvalue weighted by atomic mass is 10.0. The van der Waals surface area contributed by atoms with Crippen molar-refractivity contribution in [3.63, 3.8) is 0 Å². The summed E-state index contributed by atoms with van der Waals surface area (Å²) >= 11 is 7.52. The van der Waals surface area contributed by atoms with Gasteiger partial charge in [-0.15, -0.1) is 11.3 Å². The first-order valence-electron chi connectivity index (χ1n) is 6.63. The van der Waals surface area contributed by atoms with Crippen LogP contribution in [0.5, 0.6) is 0 Å². The molecule has 0 bridgehead atoms. The Balaban J connectivity index is 2.00. The molecule has 0 spiro atoms. The van der Waals surface area contributed by atoms with Crippen LogP contribution in [-0.4, -0.2) is 5.91 Å². The van der Waals surface area contributed by atoms with Gasteiger partial charge in [-0.1, -0.05) is 43.6 Å². The fraction of sp³-hybridized carbons (Fsp3) is 0.312. The molecule has 1 atom stereocenters. The number of rotatable bonds is 5. The number of hydrogen-bond donors (Lipinski definition) is 1. The molecule has 106 valence electrons. The molecule has 2 aromatic rings. The summed E-state index contributed by atoms with van der Waals surface area (Å²) in [6.07, 6.45) is 0.381. The topological polar surface area (TPSA) is 29.1 Å². The van der Waals surface area contributed by atoms with E-state index in [2.05, 4.69) is 25.2 Å². The molecule has 1 N–H and O–H groups in total. The lowest BCUT2D eigenvalue weighted by Gasteiger charge is -2.21. The molecule has 4 heteroatoms. The second-order valence-electron chi connectivity index (χ2n) is 5.11. The van der Waals surface area contributed by atoms with E-state index in [-0.39, 0.29) is 11.9 Å². The molecule has 20 heavy (non-hydrogen) atoms. The van der Waals surface area contributed by atoms with Gasteiger partial charge in [0.25, 0.3) is 0 Å². The van der Waals surface area contributed by atoms with Gasteiger partial charge in [-0.25, -0.2) is 0 Å². The van der Waals surface area contributed by atoms with Crippen LogP contribution < -0.4 is 5.32 Å². The van der Waals surface area contributed by atoms with E-state index in [1.54, 1.807) is 11.3 Å². The Labute approximate surface area is 128 Å². The number of nitrogens with one attached hydrogen (secondary N) is 1. The number of thiophene rings is 1. The third kappa shape index (κ3) is 4.09. The van der Waals surface area contributed by atoms with Gasteiger partial charge in [-0.05, 0) is 35.1 Å². The highest BCUT2D eigenvalue weighted by Crippen LogP contribution is 2.25. The molecule has 0 saturated heterocycles. The molecule has 0 aliphatic carbocycles. The van der Waals surface area contributed by atoms with Crippen LogP contribution in [0.25, 0.3) is 0 Å². The quantitative estimate of drug-likeness (QED) is 0.868. The number of amides is 1. The second kappa shape index (κ2) is 6.91. The third-order valence-electron chi connectivity index (χ3n) is 3.11. The largest absolute Gasteiger partial charge is 0.348 e. The lowest BCUT2D eigenvalue weighted by molar-refractivity contribution is -0.121. The number of hydrogen-bond acceptors (Lipinski definition) is 2. The summed E-state index contributed by atoms with van der Waals surface area (Å²) in [6, 6.07) is 11.6. The van der Waals surface area contributed by atoms with E-state index in [0.29, 0.717) is 17.4 Å². The van der Waals surface area contributed by atoms with E-state index in [4.69, 9.17) is 11.6 Å². The van der Waals surface area contributed by atoms with Crippen LogP contribution in [0.15, 0.2) is 41.8 Å². The number of carbonyl (C=O) groups is 1. The fourth-order valence-electron chi connectivity index (χ4n) is 2.05. The molecule has 0 aliphatic heterocycles. The Bertz CT molecular complexity index is 548. The van der Waals surface area contributed by atoms with E-state index in [0.717, 1.165) is 5.56 Å². The molecule has 0 unspecified atom stereocenters. The second-order valence-corrected chi connectivity index (χ2v) is 6.52. The summed E-state index contributed by atoms with van der Waals surface area (Å²) in [6.45, 7) is 4.24. The van der Waals surface area contributed by atoms with Crippen molar-refractivity contribution < 1.29 is 4.79 Å². The SMILES string of the molecule is CC(C)[C@@H](NC(=O)Cc1ccc(Cl)cc1)c1cccs1. The minimum absolute atomic E-state index is 0.0411. The van der Waals surface area contributed by atoms with Gasteiger partial charge in [0, 0.05) is 9.90 Å². The standard InChI is InChI=1S/C16H18ClNOS/c1-11(2)16(14-4-3-9-20-14)18-15(19)10-12-5-7-13(17)8-6-12/h3-9,11,16H,10H2,1-2H3,(H,18,19)/t16-/m1/s1. The van der Waals surface area contributed by atoms with Gasteiger partial charge < -0.3 is 5.32 Å². The van der Waals surface area contributed by atoms with Crippen molar-refractivity contribution in [2.75, 3.05) is 0 Å². The zero-order chi connectivity index (χ0) is 14.5. The first-order chi connectivity index (χ1) is 9.56. The molecule has 0 fully saturated rings. The van der Waals surface area contributed by atoms with Gasteiger partial charge >= 0.3 is 0 Å². The maximum absolute atomic E-state index is 12.2. The Morgan fingerprint density at radius 1 is 1.25 bits per heavy atom. The first-order valence-corrected chi connectivity index (χ1v) is 7.89. The Kier molecular flexibility index (Phi) is 5.21. The summed E-state index contributed by atoms with van der Waals surface area (Å²) < 4.78 is 0. The van der Waals surface area contributed by atoms with Crippen LogP contribution in [0.1, 0.15) is 30.3 Å². The van der Waals surface area contributed by atoms with Gasteiger partial charge in [0.1, 0.15) is 0 Å². The summed E-state index contributed by atoms with van der Waals surface area (Å²) in [7, 11) is 0. The van der Waals surface area contributed by atoms with Crippen molar-refractivity contribution in [2.45, 2.75) is 26.3 Å². The van der Waals surface area contributed by atoms with Gasteiger partial charge in [0.15, 0.2) is 0 Å². The minimum Gasteiger partial charge on any atom is -0.348 e. The van der Waals surface area contributed by atoms with E-state index in [9.17, 15) is 4.79 Å². The molecule has 1 aromatic heterocycles. The molecule has 1 amide bonds. The Morgan fingerprint density at radius 3 is 2.50 bits per heavy atom. The molecular formula is C16H18ClNOS. The first kappa shape index (κ1) is 15.1. The minimum atomic E-state index is 0.0411. The zero-order valence-electron chi connectivity index (χ0n) is 11.6. The number of carbonyl (C=O) groups excluding carboxylic acids is 1. The number of halogens is 1. The molecule has 0 aliphatic rings. The van der Waals surface area contributed by atoms with Crippen LogP contribution in [0.4, 0.5) is 0 Å². The summed E-state index contributed by atoms with van der Waals surface area (Å²) in [5, 5.41) is 5.85. The van der Waals surface area contributed by atoms with E-state index < -0.39 is 0 Å². The van der Waals surface area contributed by atoms with Crippen molar-refractivity contribution in [2.24, 2.45) is 5.92 Å². The third-order valence-corrected chi connectivity index (χ3v) is 4.32. The zero-order valence-corrected chi connectivity index (χ0v) is 13.2. The average molecular weight is 308 g/mol. The number of benzene rings is 1. The van der Waals surface area contributed by atoms with Crippen LogP contribution in [0, 0.1) is 5.92 Å². The highest BCUT2D eigenvalue weighted by Gasteiger charge is 2.19. The molecule has 0 radical (unpaired) electrons. The highest BCUT2D eigenvalue weighted by molar-refractivity contribution is 7.10. The van der Waals surface area contributed by atoms with Crippen molar-refractivity contribution in [3.05, 3.63) is 57.2 Å². The molecule has 2 nitrogen and oxygen atoms in total. The lowest BCUT2D eigenvalue weighted by Crippen LogP contribution is -2.32. The van der Waals surface area contributed by atoms with Gasteiger partial charge in [0.05, 0.1) is 12.5 Å². The van der Waals surface area contributed by atoms with Crippen molar-refractivity contribution >= 4 is 28.8 Å². The van der Waals surface area contributed by atoms with E-state index in [1.807, 2.05) is 35.7 Å². The Hall–Kier alpha value is -1.32. The molecule has 1 aromatic carbocycles. The summed E-state index contributed by atoms with van der Waals surface area (Å²) in [4.78, 5) is 13.4. The van der Waals surface area contributed by atoms with Crippen molar-refractivity contribution in [1.82, 2.24) is 5.32 Å². The van der Waals surface area contributed by atoms with E-state index in [1.165, 1.54) is 4.88 Å². The molecule has 0 saturated carbocycles. The average Bonchev–Trinajstić information content (AvgIpc) is 2.92. The normalized spacial score (nSPS) is 12.4.